The molecule has 0 spiro atoms. The Morgan fingerprint density at radius 3 is 2.57 bits per heavy atom. The molecule has 21 heavy (non-hydrogen) atoms. The number of aryl methyl sites for hydroxylation is 1. The number of aliphatic carboxylic acids is 1. The highest BCUT2D eigenvalue weighted by Gasteiger charge is 2.14. The van der Waals surface area contributed by atoms with Gasteiger partial charge in [0.1, 0.15) is 5.69 Å². The van der Waals surface area contributed by atoms with Crippen molar-refractivity contribution in [1.29, 1.82) is 0 Å². The second-order valence-corrected chi connectivity index (χ2v) is 5.23. The summed E-state index contributed by atoms with van der Waals surface area (Å²) in [5, 5.41) is 15.4. The van der Waals surface area contributed by atoms with Crippen LogP contribution in [0.3, 0.4) is 0 Å². The predicted octanol–water partition coefficient (Wildman–Crippen LogP) is 0.790. The molecule has 0 radical (unpaired) electrons. The highest BCUT2D eigenvalue weighted by molar-refractivity contribution is 5.92. The molecule has 0 fully saturated rings. The lowest BCUT2D eigenvalue weighted by Gasteiger charge is -2.14. The molecule has 0 bridgehead atoms. The van der Waals surface area contributed by atoms with Gasteiger partial charge < -0.3 is 10.4 Å². The molecule has 7 nitrogen and oxygen atoms in total. The molecule has 0 aliphatic carbocycles. The minimum atomic E-state index is -0.805. The minimum Gasteiger partial charge on any atom is -0.481 e. The summed E-state index contributed by atoms with van der Waals surface area (Å²) in [5.74, 6) is -1.52. The van der Waals surface area contributed by atoms with E-state index in [1.165, 1.54) is 19.2 Å². The van der Waals surface area contributed by atoms with Crippen molar-refractivity contribution in [2.24, 2.45) is 13.0 Å². The summed E-state index contributed by atoms with van der Waals surface area (Å²) in [6, 6.07) is 2.59. The Kier molecular flexibility index (Phi) is 6.08. The van der Waals surface area contributed by atoms with Gasteiger partial charge in [0, 0.05) is 19.2 Å². The van der Waals surface area contributed by atoms with Crippen molar-refractivity contribution in [3.63, 3.8) is 0 Å². The van der Waals surface area contributed by atoms with Gasteiger partial charge in [-0.2, -0.15) is 5.10 Å². The summed E-state index contributed by atoms with van der Waals surface area (Å²) in [4.78, 5) is 33.8. The summed E-state index contributed by atoms with van der Waals surface area (Å²) in [7, 11) is 1.48. The van der Waals surface area contributed by atoms with Gasteiger partial charge in [0.25, 0.3) is 11.5 Å². The average molecular weight is 295 g/mol. The topological polar surface area (TPSA) is 101 Å². The van der Waals surface area contributed by atoms with Crippen molar-refractivity contribution < 1.29 is 14.7 Å². The van der Waals surface area contributed by atoms with Gasteiger partial charge in [0.15, 0.2) is 0 Å². The van der Waals surface area contributed by atoms with Gasteiger partial charge in [-0.25, -0.2) is 4.68 Å². The zero-order valence-corrected chi connectivity index (χ0v) is 12.5. The zero-order chi connectivity index (χ0) is 16.0. The van der Waals surface area contributed by atoms with Crippen molar-refractivity contribution in [2.75, 3.05) is 0 Å². The standard InChI is InChI=1S/C14H21N3O4/c1-9(14(20)21)5-4-6-10(2)15-13(19)11-7-8-12(18)17(3)16-11/h7-10H,4-6H2,1-3H3,(H,15,19)(H,20,21). The molecule has 7 heteroatoms. The molecule has 0 aliphatic heterocycles. The summed E-state index contributed by atoms with van der Waals surface area (Å²) >= 11 is 0. The van der Waals surface area contributed by atoms with Crippen molar-refractivity contribution >= 4 is 11.9 Å². The zero-order valence-electron chi connectivity index (χ0n) is 12.5. The number of nitrogens with one attached hydrogen (secondary N) is 1. The second kappa shape index (κ2) is 7.56. The van der Waals surface area contributed by atoms with E-state index in [4.69, 9.17) is 5.11 Å². The molecule has 0 saturated heterocycles. The molecule has 2 atom stereocenters. The molecule has 2 unspecified atom stereocenters. The highest BCUT2D eigenvalue weighted by atomic mass is 16.4. The smallest absolute Gasteiger partial charge is 0.306 e. The molecule has 1 aromatic rings. The second-order valence-electron chi connectivity index (χ2n) is 5.23. The van der Waals surface area contributed by atoms with Crippen molar-refractivity contribution in [1.82, 2.24) is 15.1 Å². The fourth-order valence-corrected chi connectivity index (χ4v) is 1.85. The number of amides is 1. The minimum absolute atomic E-state index is 0.0856. The molecule has 1 aromatic heterocycles. The lowest BCUT2D eigenvalue weighted by Crippen LogP contribution is -2.34. The van der Waals surface area contributed by atoms with E-state index in [-0.39, 0.29) is 29.1 Å². The fourth-order valence-electron chi connectivity index (χ4n) is 1.85. The lowest BCUT2D eigenvalue weighted by molar-refractivity contribution is -0.141. The third kappa shape index (κ3) is 5.37. The number of carbonyl (C=O) groups is 2. The van der Waals surface area contributed by atoms with Crippen LogP contribution in [-0.4, -0.2) is 32.8 Å². The van der Waals surface area contributed by atoms with Gasteiger partial charge in [-0.3, -0.25) is 14.4 Å². The summed E-state index contributed by atoms with van der Waals surface area (Å²) in [5.41, 5.74) is -0.0925. The molecule has 116 valence electrons. The number of rotatable bonds is 7. The lowest BCUT2D eigenvalue weighted by atomic mass is 10.0. The molecule has 1 heterocycles. The molecule has 1 rings (SSSR count). The van der Waals surface area contributed by atoms with E-state index >= 15 is 0 Å². The van der Waals surface area contributed by atoms with Crippen LogP contribution in [-0.2, 0) is 11.8 Å². The maximum Gasteiger partial charge on any atom is 0.306 e. The van der Waals surface area contributed by atoms with E-state index in [1.807, 2.05) is 6.92 Å². The predicted molar refractivity (Wildman–Crippen MR) is 77.1 cm³/mol. The Morgan fingerprint density at radius 2 is 2.00 bits per heavy atom. The van der Waals surface area contributed by atoms with Crippen LogP contribution in [0.15, 0.2) is 16.9 Å². The van der Waals surface area contributed by atoms with Crippen LogP contribution in [0.5, 0.6) is 0 Å². The van der Waals surface area contributed by atoms with Gasteiger partial charge in [-0.05, 0) is 25.8 Å². The Morgan fingerprint density at radius 1 is 1.33 bits per heavy atom. The van der Waals surface area contributed by atoms with Gasteiger partial charge in [0.05, 0.1) is 5.92 Å². The Labute approximate surface area is 123 Å². The van der Waals surface area contributed by atoms with Crippen LogP contribution in [0, 0.1) is 5.92 Å². The van der Waals surface area contributed by atoms with Crippen LogP contribution >= 0.6 is 0 Å². The largest absolute Gasteiger partial charge is 0.481 e. The first-order chi connectivity index (χ1) is 9.81. The molecule has 0 aliphatic rings. The number of carbonyl (C=O) groups excluding carboxylic acids is 1. The van der Waals surface area contributed by atoms with E-state index < -0.39 is 5.97 Å². The Bertz CT molecular complexity index is 568. The fraction of sp³-hybridized carbons (Fsp3) is 0.571. The van der Waals surface area contributed by atoms with Gasteiger partial charge in [-0.15, -0.1) is 0 Å². The number of carboxylic acid groups (broad SMARTS) is 1. The van der Waals surface area contributed by atoms with E-state index in [0.717, 1.165) is 11.1 Å². The Balaban J connectivity index is 2.45. The van der Waals surface area contributed by atoms with Crippen LogP contribution in [0.25, 0.3) is 0 Å². The number of aromatic nitrogens is 2. The quantitative estimate of drug-likeness (QED) is 0.774. The van der Waals surface area contributed by atoms with E-state index in [2.05, 4.69) is 10.4 Å². The van der Waals surface area contributed by atoms with Crippen LogP contribution in [0.4, 0.5) is 0 Å². The normalized spacial score (nSPS) is 13.5. The maximum absolute atomic E-state index is 11.9. The van der Waals surface area contributed by atoms with E-state index in [1.54, 1.807) is 6.92 Å². The van der Waals surface area contributed by atoms with Crippen LogP contribution in [0.1, 0.15) is 43.6 Å². The van der Waals surface area contributed by atoms with Crippen LogP contribution < -0.4 is 10.9 Å². The highest BCUT2D eigenvalue weighted by Crippen LogP contribution is 2.09. The first-order valence-corrected chi connectivity index (χ1v) is 6.89. The molecule has 1 amide bonds. The van der Waals surface area contributed by atoms with E-state index in [0.29, 0.717) is 12.8 Å². The molecule has 0 saturated carbocycles. The van der Waals surface area contributed by atoms with Gasteiger partial charge in [0.2, 0.25) is 0 Å². The third-order valence-electron chi connectivity index (χ3n) is 3.27. The van der Waals surface area contributed by atoms with Crippen molar-refractivity contribution in [3.05, 3.63) is 28.2 Å². The summed E-state index contributed by atoms with van der Waals surface area (Å²) in [6.45, 7) is 3.52. The summed E-state index contributed by atoms with van der Waals surface area (Å²) in [6.07, 6.45) is 1.98. The van der Waals surface area contributed by atoms with Crippen molar-refractivity contribution in [3.8, 4) is 0 Å². The van der Waals surface area contributed by atoms with Gasteiger partial charge >= 0.3 is 5.97 Å². The Hall–Kier alpha value is -2.18. The maximum atomic E-state index is 11.9. The summed E-state index contributed by atoms with van der Waals surface area (Å²) < 4.78 is 1.11. The van der Waals surface area contributed by atoms with E-state index in [9.17, 15) is 14.4 Å². The first kappa shape index (κ1) is 16.9. The monoisotopic (exact) mass is 295 g/mol. The van der Waals surface area contributed by atoms with Crippen molar-refractivity contribution in [2.45, 2.75) is 39.2 Å². The number of nitrogens with zero attached hydrogens (tertiary/aromatic N) is 2. The number of hydrogen-bond donors (Lipinski definition) is 2. The number of hydrogen-bond acceptors (Lipinski definition) is 4. The molecule has 0 aromatic carbocycles. The first-order valence-electron chi connectivity index (χ1n) is 6.89. The van der Waals surface area contributed by atoms with Crippen LogP contribution in [0.2, 0.25) is 0 Å². The average Bonchev–Trinajstić information content (AvgIpc) is 2.41. The van der Waals surface area contributed by atoms with Gasteiger partial charge in [-0.1, -0.05) is 13.3 Å². The molecular formula is C14H21N3O4. The SMILES string of the molecule is CC(CCCC(C)C(=O)O)NC(=O)c1ccc(=O)n(C)n1. The molecule has 2 N–H and O–H groups in total. The molecular weight excluding hydrogens is 274 g/mol. The third-order valence-corrected chi connectivity index (χ3v) is 3.27. The number of carboxylic acids is 1.